The number of aromatic nitrogens is 3. The van der Waals surface area contributed by atoms with Gasteiger partial charge in [-0.15, -0.1) is 0 Å². The van der Waals surface area contributed by atoms with Crippen LogP contribution in [0.4, 0.5) is 5.69 Å². The van der Waals surface area contributed by atoms with Gasteiger partial charge in [0.2, 0.25) is 0 Å². The first-order valence-electron chi connectivity index (χ1n) is 7.82. The third kappa shape index (κ3) is 2.71. The Kier molecular flexibility index (Phi) is 3.74. The highest BCUT2D eigenvalue weighted by atomic mass is 16.6. The topological polar surface area (TPSA) is 102 Å². The summed E-state index contributed by atoms with van der Waals surface area (Å²) in [7, 11) is 0. The summed E-state index contributed by atoms with van der Waals surface area (Å²) in [6, 6.07) is 17.0. The Labute approximate surface area is 147 Å². The Bertz CT molecular complexity index is 1180. The molecule has 0 aliphatic carbocycles. The second-order valence-corrected chi connectivity index (χ2v) is 5.68. The third-order valence-electron chi connectivity index (χ3n) is 4.11. The smallest absolute Gasteiger partial charge is 0.267 e. The zero-order chi connectivity index (χ0) is 18.1. The fourth-order valence-electron chi connectivity index (χ4n) is 2.85. The molecule has 0 bridgehead atoms. The van der Waals surface area contributed by atoms with Crippen molar-refractivity contribution in [3.63, 3.8) is 0 Å². The summed E-state index contributed by atoms with van der Waals surface area (Å²) in [6.07, 6.45) is 1.70. The minimum absolute atomic E-state index is 0.00136. The van der Waals surface area contributed by atoms with Crippen LogP contribution in [0.15, 0.2) is 71.7 Å². The van der Waals surface area contributed by atoms with Gasteiger partial charge in [0.15, 0.2) is 0 Å². The Morgan fingerprint density at radius 2 is 1.77 bits per heavy atom. The number of benzene rings is 2. The lowest BCUT2D eigenvalue weighted by molar-refractivity contribution is -0.384. The Hall–Kier alpha value is -3.87. The normalized spacial score (nSPS) is 10.8. The SMILES string of the molecule is O=c1[nH]nc(-c2ccc([N+](=O)[O-])cc2)cc1-c1cccc2ncccc12. The molecule has 0 fully saturated rings. The number of H-pyrrole nitrogens is 1. The van der Waals surface area contributed by atoms with Gasteiger partial charge in [-0.05, 0) is 35.9 Å². The summed E-state index contributed by atoms with van der Waals surface area (Å²) in [5.74, 6) is 0. The number of rotatable bonds is 3. The molecule has 4 aromatic rings. The number of nitro benzene ring substituents is 1. The monoisotopic (exact) mass is 344 g/mol. The van der Waals surface area contributed by atoms with Crippen LogP contribution in [-0.4, -0.2) is 20.1 Å². The molecule has 0 atom stereocenters. The number of fused-ring (bicyclic) bond motifs is 1. The molecular formula is C19H12N4O3. The summed E-state index contributed by atoms with van der Waals surface area (Å²) in [5, 5.41) is 18.2. The van der Waals surface area contributed by atoms with Gasteiger partial charge in [0.25, 0.3) is 11.2 Å². The fraction of sp³-hybridized carbons (Fsp3) is 0. The molecule has 0 aliphatic rings. The van der Waals surface area contributed by atoms with Crippen LogP contribution in [0.5, 0.6) is 0 Å². The van der Waals surface area contributed by atoms with Gasteiger partial charge in [0.05, 0.1) is 21.7 Å². The fourth-order valence-corrected chi connectivity index (χ4v) is 2.85. The van der Waals surface area contributed by atoms with Gasteiger partial charge in [-0.2, -0.15) is 5.10 Å². The molecule has 0 aliphatic heterocycles. The first-order chi connectivity index (χ1) is 12.6. The molecule has 0 radical (unpaired) electrons. The second-order valence-electron chi connectivity index (χ2n) is 5.68. The van der Waals surface area contributed by atoms with Crippen LogP contribution >= 0.6 is 0 Å². The van der Waals surface area contributed by atoms with Gasteiger partial charge in [-0.1, -0.05) is 18.2 Å². The molecule has 2 heterocycles. The number of hydrogen-bond donors (Lipinski definition) is 1. The number of pyridine rings is 1. The molecule has 2 aromatic heterocycles. The van der Waals surface area contributed by atoms with Crippen molar-refractivity contribution in [3.05, 3.63) is 87.3 Å². The average Bonchev–Trinajstić information content (AvgIpc) is 2.68. The molecule has 0 saturated heterocycles. The molecule has 126 valence electrons. The van der Waals surface area contributed by atoms with E-state index in [9.17, 15) is 14.9 Å². The molecule has 0 amide bonds. The van der Waals surface area contributed by atoms with E-state index in [1.165, 1.54) is 12.1 Å². The van der Waals surface area contributed by atoms with E-state index in [0.717, 1.165) is 16.5 Å². The van der Waals surface area contributed by atoms with Gasteiger partial charge >= 0.3 is 0 Å². The Morgan fingerprint density at radius 1 is 0.962 bits per heavy atom. The van der Waals surface area contributed by atoms with E-state index in [1.54, 1.807) is 24.4 Å². The summed E-state index contributed by atoms with van der Waals surface area (Å²) >= 11 is 0. The predicted molar refractivity (Wildman–Crippen MR) is 97.7 cm³/mol. The molecule has 7 heteroatoms. The summed E-state index contributed by atoms with van der Waals surface area (Å²) in [6.45, 7) is 0. The number of nitro groups is 1. The van der Waals surface area contributed by atoms with Crippen LogP contribution in [0.25, 0.3) is 33.3 Å². The minimum Gasteiger partial charge on any atom is -0.267 e. The molecule has 2 aromatic carbocycles. The maximum Gasteiger partial charge on any atom is 0.272 e. The number of nitrogens with zero attached hydrogens (tertiary/aromatic N) is 3. The van der Waals surface area contributed by atoms with E-state index >= 15 is 0 Å². The van der Waals surface area contributed by atoms with Crippen molar-refractivity contribution in [1.82, 2.24) is 15.2 Å². The zero-order valence-electron chi connectivity index (χ0n) is 13.4. The van der Waals surface area contributed by atoms with Gasteiger partial charge < -0.3 is 0 Å². The molecule has 0 unspecified atom stereocenters. The first kappa shape index (κ1) is 15.6. The van der Waals surface area contributed by atoms with Crippen molar-refractivity contribution in [2.75, 3.05) is 0 Å². The molecule has 26 heavy (non-hydrogen) atoms. The zero-order valence-corrected chi connectivity index (χ0v) is 13.4. The molecule has 0 saturated carbocycles. The Morgan fingerprint density at radius 3 is 2.54 bits per heavy atom. The van der Waals surface area contributed by atoms with Gasteiger partial charge in [0.1, 0.15) is 0 Å². The maximum absolute atomic E-state index is 12.4. The lowest BCUT2D eigenvalue weighted by Gasteiger charge is -2.07. The summed E-state index contributed by atoms with van der Waals surface area (Å²) < 4.78 is 0. The first-order valence-corrected chi connectivity index (χ1v) is 7.82. The predicted octanol–water partition coefficient (Wildman–Crippen LogP) is 3.56. The van der Waals surface area contributed by atoms with Crippen LogP contribution < -0.4 is 5.56 Å². The van der Waals surface area contributed by atoms with Crippen LogP contribution in [-0.2, 0) is 0 Å². The summed E-state index contributed by atoms with van der Waals surface area (Å²) in [4.78, 5) is 27.0. The minimum atomic E-state index is -0.460. The average molecular weight is 344 g/mol. The largest absolute Gasteiger partial charge is 0.272 e. The number of non-ortho nitro benzene ring substituents is 1. The second kappa shape index (κ2) is 6.21. The molecule has 1 N–H and O–H groups in total. The maximum atomic E-state index is 12.4. The number of hydrogen-bond acceptors (Lipinski definition) is 5. The van der Waals surface area contributed by atoms with Crippen molar-refractivity contribution in [1.29, 1.82) is 0 Å². The van der Waals surface area contributed by atoms with Crippen LogP contribution in [0.1, 0.15) is 0 Å². The highest BCUT2D eigenvalue weighted by Gasteiger charge is 2.12. The van der Waals surface area contributed by atoms with Crippen molar-refractivity contribution >= 4 is 16.6 Å². The quantitative estimate of drug-likeness (QED) is 0.452. The van der Waals surface area contributed by atoms with Crippen molar-refractivity contribution in [2.24, 2.45) is 0 Å². The molecule has 0 spiro atoms. The molecule has 7 nitrogen and oxygen atoms in total. The lowest BCUT2D eigenvalue weighted by atomic mass is 10.0. The van der Waals surface area contributed by atoms with Crippen LogP contribution in [0.3, 0.4) is 0 Å². The van der Waals surface area contributed by atoms with Crippen molar-refractivity contribution < 1.29 is 4.92 Å². The van der Waals surface area contributed by atoms with Crippen LogP contribution in [0, 0.1) is 10.1 Å². The highest BCUT2D eigenvalue weighted by Crippen LogP contribution is 2.28. The van der Waals surface area contributed by atoms with E-state index < -0.39 is 4.92 Å². The van der Waals surface area contributed by atoms with E-state index in [4.69, 9.17) is 0 Å². The van der Waals surface area contributed by atoms with Crippen molar-refractivity contribution in [2.45, 2.75) is 0 Å². The summed E-state index contributed by atoms with van der Waals surface area (Å²) in [5.41, 5.74) is 2.89. The van der Waals surface area contributed by atoms with Gasteiger partial charge in [-0.3, -0.25) is 19.9 Å². The van der Waals surface area contributed by atoms with Gasteiger partial charge in [0, 0.05) is 29.3 Å². The lowest BCUT2D eigenvalue weighted by Crippen LogP contribution is -2.11. The Balaban J connectivity index is 1.87. The van der Waals surface area contributed by atoms with E-state index in [1.807, 2.05) is 30.3 Å². The number of aromatic amines is 1. The van der Waals surface area contributed by atoms with E-state index in [0.29, 0.717) is 16.8 Å². The van der Waals surface area contributed by atoms with E-state index in [2.05, 4.69) is 15.2 Å². The van der Waals surface area contributed by atoms with Gasteiger partial charge in [-0.25, -0.2) is 5.10 Å². The molecule has 4 rings (SSSR count). The standard InChI is InChI=1S/C19H12N4O3/c24-19-16(14-3-1-5-17-15(14)4-2-10-20-17)11-18(21-22-19)12-6-8-13(9-7-12)23(25)26/h1-11H,(H,22,24). The highest BCUT2D eigenvalue weighted by molar-refractivity contribution is 5.94. The van der Waals surface area contributed by atoms with E-state index in [-0.39, 0.29) is 11.2 Å². The van der Waals surface area contributed by atoms with Crippen molar-refractivity contribution in [3.8, 4) is 22.4 Å². The molecular weight excluding hydrogens is 332 g/mol. The van der Waals surface area contributed by atoms with Crippen LogP contribution in [0.2, 0.25) is 0 Å². The third-order valence-corrected chi connectivity index (χ3v) is 4.11. The number of nitrogens with one attached hydrogen (secondary N) is 1.